The van der Waals surface area contributed by atoms with Gasteiger partial charge in [0.15, 0.2) is 0 Å². The van der Waals surface area contributed by atoms with Crippen LogP contribution in [0.4, 0.5) is 5.69 Å². The molecule has 1 aliphatic heterocycles. The maximum absolute atomic E-state index is 12.4. The fourth-order valence-corrected chi connectivity index (χ4v) is 3.29. The summed E-state index contributed by atoms with van der Waals surface area (Å²) in [5.74, 6) is 1.07. The number of anilines is 1. The number of ether oxygens (including phenoxy) is 2. The highest BCUT2D eigenvalue weighted by molar-refractivity contribution is 5.92. The first-order valence-electron chi connectivity index (χ1n) is 9.66. The third-order valence-electron chi connectivity index (χ3n) is 4.61. The summed E-state index contributed by atoms with van der Waals surface area (Å²) in [6, 6.07) is 16.8. The van der Waals surface area contributed by atoms with Crippen LogP contribution >= 0.6 is 0 Å². The smallest absolute Gasteiger partial charge is 0.310 e. The highest BCUT2D eigenvalue weighted by Crippen LogP contribution is 2.23. The van der Waals surface area contributed by atoms with Crippen molar-refractivity contribution in [3.63, 3.8) is 0 Å². The Kier molecular flexibility index (Phi) is 7.03. The number of carbonyl (C=O) groups excluding carboxylic acids is 2. The van der Waals surface area contributed by atoms with Crippen LogP contribution in [0.1, 0.15) is 19.8 Å². The zero-order valence-electron chi connectivity index (χ0n) is 16.1. The van der Waals surface area contributed by atoms with Crippen LogP contribution in [0.5, 0.6) is 11.5 Å². The zero-order chi connectivity index (χ0) is 19.8. The molecule has 1 N–H and O–H groups in total. The van der Waals surface area contributed by atoms with Crippen molar-refractivity contribution >= 4 is 17.6 Å². The van der Waals surface area contributed by atoms with Crippen molar-refractivity contribution in [3.05, 3.63) is 54.6 Å². The fraction of sp³-hybridized carbons (Fsp3) is 0.364. The molecule has 1 heterocycles. The summed E-state index contributed by atoms with van der Waals surface area (Å²) in [6.07, 6.45) is 1.71. The minimum atomic E-state index is -0.165. The molecule has 0 bridgehead atoms. The van der Waals surface area contributed by atoms with E-state index >= 15 is 0 Å². The van der Waals surface area contributed by atoms with Gasteiger partial charge in [-0.05, 0) is 62.7 Å². The van der Waals surface area contributed by atoms with Gasteiger partial charge in [0.2, 0.25) is 5.91 Å². The largest absolute Gasteiger partial charge is 0.466 e. The predicted molar refractivity (Wildman–Crippen MR) is 107 cm³/mol. The van der Waals surface area contributed by atoms with Gasteiger partial charge in [-0.15, -0.1) is 0 Å². The van der Waals surface area contributed by atoms with E-state index in [0.717, 1.165) is 25.1 Å². The van der Waals surface area contributed by atoms with Gasteiger partial charge in [-0.25, -0.2) is 0 Å². The minimum absolute atomic E-state index is 0.0961. The van der Waals surface area contributed by atoms with Gasteiger partial charge in [0, 0.05) is 12.2 Å². The first kappa shape index (κ1) is 19.9. The molecule has 6 heteroatoms. The van der Waals surface area contributed by atoms with Crippen molar-refractivity contribution in [1.82, 2.24) is 4.90 Å². The van der Waals surface area contributed by atoms with Crippen LogP contribution in [0, 0.1) is 5.92 Å². The maximum atomic E-state index is 12.4. The number of hydrogen-bond acceptors (Lipinski definition) is 5. The number of piperidine rings is 1. The van der Waals surface area contributed by atoms with Crippen LogP contribution in [0.25, 0.3) is 0 Å². The lowest BCUT2D eigenvalue weighted by Gasteiger charge is -2.30. The number of nitrogens with one attached hydrogen (secondary N) is 1. The Hall–Kier alpha value is -2.86. The van der Waals surface area contributed by atoms with Gasteiger partial charge in [0.25, 0.3) is 0 Å². The molecule has 0 unspecified atom stereocenters. The number of nitrogens with zero attached hydrogens (tertiary/aromatic N) is 1. The Morgan fingerprint density at radius 2 is 1.79 bits per heavy atom. The summed E-state index contributed by atoms with van der Waals surface area (Å²) in [7, 11) is 0. The van der Waals surface area contributed by atoms with Crippen molar-refractivity contribution in [3.8, 4) is 11.5 Å². The molecule has 0 saturated carbocycles. The summed E-state index contributed by atoms with van der Waals surface area (Å²) >= 11 is 0. The van der Waals surface area contributed by atoms with Crippen LogP contribution in [-0.2, 0) is 14.3 Å². The zero-order valence-corrected chi connectivity index (χ0v) is 16.1. The quantitative estimate of drug-likeness (QED) is 0.740. The van der Waals surface area contributed by atoms with E-state index in [-0.39, 0.29) is 24.3 Å². The van der Waals surface area contributed by atoms with E-state index in [1.54, 1.807) is 0 Å². The average Bonchev–Trinajstić information content (AvgIpc) is 2.70. The van der Waals surface area contributed by atoms with Crippen molar-refractivity contribution in [2.45, 2.75) is 19.8 Å². The summed E-state index contributed by atoms with van der Waals surface area (Å²) in [5, 5.41) is 2.90. The van der Waals surface area contributed by atoms with Crippen molar-refractivity contribution < 1.29 is 19.1 Å². The standard InChI is InChI=1S/C22H26N2O4/c1-2-27-22(26)17-7-6-14-24(15-17)16-21(25)23-18-10-12-20(13-11-18)28-19-8-4-3-5-9-19/h3-5,8-13,17H,2,6-7,14-16H2,1H3,(H,23,25)/t17-/m0/s1. The fourth-order valence-electron chi connectivity index (χ4n) is 3.29. The molecule has 0 radical (unpaired) electrons. The van der Waals surface area contributed by atoms with Gasteiger partial charge in [0.1, 0.15) is 11.5 Å². The molecule has 148 valence electrons. The van der Waals surface area contributed by atoms with E-state index < -0.39 is 0 Å². The number of amides is 1. The van der Waals surface area contributed by atoms with E-state index in [2.05, 4.69) is 5.32 Å². The average molecular weight is 382 g/mol. The molecule has 28 heavy (non-hydrogen) atoms. The Balaban J connectivity index is 1.48. The molecule has 0 aromatic heterocycles. The number of benzene rings is 2. The molecule has 2 aromatic rings. The lowest BCUT2D eigenvalue weighted by Crippen LogP contribution is -2.43. The Morgan fingerprint density at radius 3 is 2.50 bits per heavy atom. The first-order chi connectivity index (χ1) is 13.6. The van der Waals surface area contributed by atoms with E-state index in [1.165, 1.54) is 0 Å². The Bertz CT molecular complexity index is 777. The highest BCUT2D eigenvalue weighted by atomic mass is 16.5. The third kappa shape index (κ3) is 5.82. The van der Waals surface area contributed by atoms with Crippen molar-refractivity contribution in [2.24, 2.45) is 5.92 Å². The molecular formula is C22H26N2O4. The van der Waals surface area contributed by atoms with Crippen LogP contribution in [0.15, 0.2) is 54.6 Å². The summed E-state index contributed by atoms with van der Waals surface area (Å²) < 4.78 is 10.9. The van der Waals surface area contributed by atoms with E-state index in [4.69, 9.17) is 9.47 Å². The maximum Gasteiger partial charge on any atom is 0.310 e. The molecule has 1 fully saturated rings. The molecule has 0 aliphatic carbocycles. The second-order valence-corrected chi connectivity index (χ2v) is 6.81. The second kappa shape index (κ2) is 9.90. The van der Waals surface area contributed by atoms with E-state index in [0.29, 0.717) is 24.6 Å². The van der Waals surface area contributed by atoms with Gasteiger partial charge in [0.05, 0.1) is 19.1 Å². The molecule has 2 aromatic carbocycles. The number of likely N-dealkylation sites (tertiary alicyclic amines) is 1. The van der Waals surface area contributed by atoms with Gasteiger partial charge in [-0.2, -0.15) is 0 Å². The number of esters is 1. The number of carbonyl (C=O) groups is 2. The monoisotopic (exact) mass is 382 g/mol. The van der Waals surface area contributed by atoms with Crippen LogP contribution in [0.3, 0.4) is 0 Å². The van der Waals surface area contributed by atoms with Crippen LogP contribution in [0.2, 0.25) is 0 Å². The summed E-state index contributed by atoms with van der Waals surface area (Å²) in [5.41, 5.74) is 0.712. The Labute approximate surface area is 165 Å². The SMILES string of the molecule is CCOC(=O)[C@H]1CCCN(CC(=O)Nc2ccc(Oc3ccccc3)cc2)C1. The topological polar surface area (TPSA) is 67.9 Å². The minimum Gasteiger partial charge on any atom is -0.466 e. The molecule has 1 amide bonds. The normalized spacial score (nSPS) is 17.0. The molecule has 0 spiro atoms. The van der Waals surface area contributed by atoms with Crippen molar-refractivity contribution in [1.29, 1.82) is 0 Å². The highest BCUT2D eigenvalue weighted by Gasteiger charge is 2.27. The first-order valence-corrected chi connectivity index (χ1v) is 9.66. The van der Waals surface area contributed by atoms with Crippen LogP contribution < -0.4 is 10.1 Å². The van der Waals surface area contributed by atoms with Crippen LogP contribution in [-0.4, -0.2) is 43.0 Å². The molecule has 1 atom stereocenters. The third-order valence-corrected chi connectivity index (χ3v) is 4.61. The van der Waals surface area contributed by atoms with Crippen molar-refractivity contribution in [2.75, 3.05) is 31.6 Å². The number of hydrogen-bond donors (Lipinski definition) is 1. The second-order valence-electron chi connectivity index (χ2n) is 6.81. The van der Waals surface area contributed by atoms with E-state index in [9.17, 15) is 9.59 Å². The molecule has 1 aliphatic rings. The molecular weight excluding hydrogens is 356 g/mol. The van der Waals surface area contributed by atoms with Gasteiger partial charge in [-0.3, -0.25) is 14.5 Å². The van der Waals surface area contributed by atoms with Gasteiger partial charge >= 0.3 is 5.97 Å². The van der Waals surface area contributed by atoms with Gasteiger partial charge in [-0.1, -0.05) is 18.2 Å². The summed E-state index contributed by atoms with van der Waals surface area (Å²) in [4.78, 5) is 26.3. The number of para-hydroxylation sites is 1. The molecule has 1 saturated heterocycles. The van der Waals surface area contributed by atoms with Gasteiger partial charge < -0.3 is 14.8 Å². The summed E-state index contributed by atoms with van der Waals surface area (Å²) in [6.45, 7) is 3.84. The predicted octanol–water partition coefficient (Wildman–Crippen LogP) is 3.69. The molecule has 3 rings (SSSR count). The van der Waals surface area contributed by atoms with E-state index in [1.807, 2.05) is 66.4 Å². The number of rotatable bonds is 7. The lowest BCUT2D eigenvalue weighted by atomic mass is 9.98. The lowest BCUT2D eigenvalue weighted by molar-refractivity contribution is -0.150. The molecule has 6 nitrogen and oxygen atoms in total. The Morgan fingerprint density at radius 1 is 1.07 bits per heavy atom.